The lowest BCUT2D eigenvalue weighted by molar-refractivity contribution is -0.141. The molecule has 2 aliphatic heterocycles. The molecule has 0 atom stereocenters. The van der Waals surface area contributed by atoms with E-state index in [-0.39, 0.29) is 45.6 Å². The van der Waals surface area contributed by atoms with Gasteiger partial charge < -0.3 is 19.9 Å². The molecule has 3 rings (SSSR count). The predicted octanol–water partition coefficient (Wildman–Crippen LogP) is 0.508. The van der Waals surface area contributed by atoms with Gasteiger partial charge in [-0.05, 0) is 12.5 Å². The van der Waals surface area contributed by atoms with E-state index in [1.807, 2.05) is 30.3 Å². The van der Waals surface area contributed by atoms with Crippen molar-refractivity contribution < 1.29 is 27.5 Å². The fourth-order valence-corrected chi connectivity index (χ4v) is 5.94. The highest BCUT2D eigenvalue weighted by atomic mass is 32.2. The van der Waals surface area contributed by atoms with Crippen LogP contribution in [-0.4, -0.2) is 73.0 Å². The van der Waals surface area contributed by atoms with E-state index in [1.165, 1.54) is 9.80 Å². The van der Waals surface area contributed by atoms with Crippen molar-refractivity contribution in [3.8, 4) is 0 Å². The molecule has 3 amide bonds. The molecule has 2 heterocycles. The molecular weight excluding hydrogens is 398 g/mol. The number of carbonyl (C=O) groups is 3. The molecule has 10 heteroatoms. The molecule has 0 unspecified atom stereocenters. The number of nitrogens with one attached hydrogen (secondary N) is 1. The Morgan fingerprint density at radius 2 is 1.83 bits per heavy atom. The van der Waals surface area contributed by atoms with Crippen LogP contribution in [0, 0.1) is 0 Å². The fourth-order valence-electron chi connectivity index (χ4n) is 3.88. The van der Waals surface area contributed by atoms with E-state index >= 15 is 0 Å². The smallest absolute Gasteiger partial charge is 0.325 e. The average Bonchev–Trinajstić information content (AvgIpc) is 2.87. The minimum atomic E-state index is -3.67. The van der Waals surface area contributed by atoms with Crippen molar-refractivity contribution in [1.82, 2.24) is 15.1 Å². The molecule has 0 aromatic heterocycles. The van der Waals surface area contributed by atoms with Crippen LogP contribution in [0.2, 0.25) is 0 Å². The van der Waals surface area contributed by atoms with Crippen LogP contribution in [0.1, 0.15) is 25.3 Å². The van der Waals surface area contributed by atoms with E-state index in [0.717, 1.165) is 5.56 Å². The highest BCUT2D eigenvalue weighted by Crippen LogP contribution is 2.40. The number of ether oxygens (including phenoxy) is 1. The summed E-state index contributed by atoms with van der Waals surface area (Å²) in [7, 11) is -3.67. The SMILES string of the molecule is CCOC(=O)CNC(=O)N1CCC2(CC1)N(Cc1ccccc1)C(=O)CS2(=O)=O. The predicted molar refractivity (Wildman–Crippen MR) is 104 cm³/mol. The lowest BCUT2D eigenvalue weighted by Crippen LogP contribution is -2.58. The zero-order chi connectivity index (χ0) is 21.1. The van der Waals surface area contributed by atoms with Crippen molar-refractivity contribution in [1.29, 1.82) is 0 Å². The zero-order valence-corrected chi connectivity index (χ0v) is 17.1. The Balaban J connectivity index is 1.69. The minimum Gasteiger partial charge on any atom is -0.465 e. The van der Waals surface area contributed by atoms with E-state index in [1.54, 1.807) is 6.92 Å². The van der Waals surface area contributed by atoms with Gasteiger partial charge in [0.2, 0.25) is 5.91 Å². The summed E-state index contributed by atoms with van der Waals surface area (Å²) in [6.07, 6.45) is 0.279. The second-order valence-electron chi connectivity index (χ2n) is 7.12. The van der Waals surface area contributed by atoms with Gasteiger partial charge in [0.1, 0.15) is 17.2 Å². The van der Waals surface area contributed by atoms with Gasteiger partial charge in [0.15, 0.2) is 9.84 Å². The third-order valence-electron chi connectivity index (χ3n) is 5.39. The molecule has 2 aliphatic rings. The van der Waals surface area contributed by atoms with Gasteiger partial charge >= 0.3 is 12.0 Å². The summed E-state index contributed by atoms with van der Waals surface area (Å²) in [4.78, 5) is 37.8. The number of nitrogens with zero attached hydrogens (tertiary/aromatic N) is 2. The third-order valence-corrected chi connectivity index (χ3v) is 7.80. The maximum Gasteiger partial charge on any atom is 0.325 e. The maximum absolute atomic E-state index is 12.9. The van der Waals surface area contributed by atoms with E-state index in [9.17, 15) is 22.8 Å². The Morgan fingerprint density at radius 1 is 1.17 bits per heavy atom. The van der Waals surface area contributed by atoms with Crippen molar-refractivity contribution >= 4 is 27.7 Å². The molecule has 1 aromatic rings. The lowest BCUT2D eigenvalue weighted by atomic mass is 10.0. The van der Waals surface area contributed by atoms with Crippen molar-refractivity contribution in [2.24, 2.45) is 0 Å². The molecule has 0 aliphatic carbocycles. The lowest BCUT2D eigenvalue weighted by Gasteiger charge is -2.43. The van der Waals surface area contributed by atoms with E-state index in [0.29, 0.717) is 0 Å². The Labute approximate surface area is 169 Å². The Morgan fingerprint density at radius 3 is 2.45 bits per heavy atom. The Kier molecular flexibility index (Phi) is 6.11. The maximum atomic E-state index is 12.9. The zero-order valence-electron chi connectivity index (χ0n) is 16.3. The van der Waals surface area contributed by atoms with Gasteiger partial charge in [-0.15, -0.1) is 0 Å². The first-order valence-electron chi connectivity index (χ1n) is 9.54. The number of benzene rings is 1. The molecule has 1 N–H and O–H groups in total. The topological polar surface area (TPSA) is 113 Å². The van der Waals surface area contributed by atoms with Gasteiger partial charge in [0, 0.05) is 32.5 Å². The fraction of sp³-hybridized carbons (Fsp3) is 0.526. The Hall–Kier alpha value is -2.62. The highest BCUT2D eigenvalue weighted by molar-refractivity contribution is 7.93. The molecule has 2 fully saturated rings. The summed E-state index contributed by atoms with van der Waals surface area (Å²) in [5, 5.41) is 2.48. The third kappa shape index (κ3) is 4.21. The first kappa shape index (κ1) is 21.1. The van der Waals surface area contributed by atoms with Gasteiger partial charge in [-0.25, -0.2) is 13.2 Å². The van der Waals surface area contributed by atoms with Crippen molar-refractivity contribution in [3.63, 3.8) is 0 Å². The number of carbonyl (C=O) groups excluding carboxylic acids is 3. The van der Waals surface area contributed by atoms with Crippen molar-refractivity contribution in [2.75, 3.05) is 32.0 Å². The van der Waals surface area contributed by atoms with Crippen LogP contribution >= 0.6 is 0 Å². The van der Waals surface area contributed by atoms with Crippen LogP contribution in [0.25, 0.3) is 0 Å². The largest absolute Gasteiger partial charge is 0.465 e. The van der Waals surface area contributed by atoms with Gasteiger partial charge in [0.05, 0.1) is 6.61 Å². The molecule has 2 saturated heterocycles. The molecular formula is C19H25N3O6S. The summed E-state index contributed by atoms with van der Waals surface area (Å²) < 4.78 is 30.5. The number of amides is 3. The molecule has 29 heavy (non-hydrogen) atoms. The van der Waals surface area contributed by atoms with Crippen LogP contribution < -0.4 is 5.32 Å². The van der Waals surface area contributed by atoms with E-state index in [4.69, 9.17) is 4.74 Å². The number of piperidine rings is 1. The van der Waals surface area contributed by atoms with Crippen LogP contribution in [-0.2, 0) is 30.7 Å². The van der Waals surface area contributed by atoms with Gasteiger partial charge in [-0.3, -0.25) is 9.59 Å². The molecule has 0 radical (unpaired) electrons. The summed E-state index contributed by atoms with van der Waals surface area (Å²) >= 11 is 0. The van der Waals surface area contributed by atoms with Crippen LogP contribution in [0.15, 0.2) is 30.3 Å². The first-order valence-corrected chi connectivity index (χ1v) is 11.2. The summed E-state index contributed by atoms with van der Waals surface area (Å²) in [6.45, 7) is 2.22. The normalized spacial score (nSPS) is 20.0. The number of sulfone groups is 1. The van der Waals surface area contributed by atoms with Gasteiger partial charge in [-0.2, -0.15) is 0 Å². The van der Waals surface area contributed by atoms with Crippen LogP contribution in [0.4, 0.5) is 4.79 Å². The summed E-state index contributed by atoms with van der Waals surface area (Å²) in [5.41, 5.74) is 0.854. The number of urea groups is 1. The Bertz CT molecular complexity index is 878. The van der Waals surface area contributed by atoms with Crippen LogP contribution in [0.5, 0.6) is 0 Å². The number of esters is 1. The minimum absolute atomic E-state index is 0.140. The second kappa shape index (κ2) is 8.40. The monoisotopic (exact) mass is 423 g/mol. The summed E-state index contributed by atoms with van der Waals surface area (Å²) in [6, 6.07) is 8.79. The second-order valence-corrected chi connectivity index (χ2v) is 9.40. The molecule has 158 valence electrons. The average molecular weight is 423 g/mol. The number of hydrogen-bond acceptors (Lipinski definition) is 6. The van der Waals surface area contributed by atoms with E-state index in [2.05, 4.69) is 5.32 Å². The van der Waals surface area contributed by atoms with Gasteiger partial charge in [-0.1, -0.05) is 30.3 Å². The molecule has 1 spiro atoms. The number of hydrogen-bond donors (Lipinski definition) is 1. The number of likely N-dealkylation sites (tertiary alicyclic amines) is 1. The van der Waals surface area contributed by atoms with E-state index < -0.39 is 38.4 Å². The molecule has 9 nitrogen and oxygen atoms in total. The summed E-state index contributed by atoms with van der Waals surface area (Å²) in [5.74, 6) is -1.45. The quantitative estimate of drug-likeness (QED) is 0.691. The van der Waals surface area contributed by atoms with Crippen molar-refractivity contribution in [2.45, 2.75) is 31.2 Å². The van der Waals surface area contributed by atoms with Gasteiger partial charge in [0.25, 0.3) is 0 Å². The molecule has 0 bridgehead atoms. The first-order chi connectivity index (χ1) is 13.8. The van der Waals surface area contributed by atoms with Crippen LogP contribution in [0.3, 0.4) is 0 Å². The number of rotatable bonds is 5. The molecule has 1 aromatic carbocycles. The standard InChI is InChI=1S/C19H25N3O6S/c1-2-28-17(24)12-20-18(25)21-10-8-19(9-11-21)22(16(23)14-29(19,26)27)13-15-6-4-3-5-7-15/h3-7H,2,8-14H2,1H3,(H,20,25). The molecule has 0 saturated carbocycles. The highest BCUT2D eigenvalue weighted by Gasteiger charge is 2.58. The van der Waals surface area contributed by atoms with Crippen molar-refractivity contribution in [3.05, 3.63) is 35.9 Å².